The number of halogens is 2. The van der Waals surface area contributed by atoms with E-state index in [1.807, 2.05) is 0 Å². The van der Waals surface area contributed by atoms with Gasteiger partial charge in [-0.05, 0) is 45.3 Å². The van der Waals surface area contributed by atoms with E-state index < -0.39 is 21.2 Å². The summed E-state index contributed by atoms with van der Waals surface area (Å²) in [5.74, 6) is 0. The van der Waals surface area contributed by atoms with E-state index in [0.29, 0.717) is 0 Å². The first kappa shape index (κ1) is 18.9. The number of nitrogens with one attached hydrogen (secondary N) is 1. The number of alkyl halides is 2. The van der Waals surface area contributed by atoms with Crippen LogP contribution in [0.15, 0.2) is 0 Å². The largest absolute Gasteiger partial charge is 0.700 e. The SMILES string of the molecule is CCNCC.O=[P+](O)OC(Cl)(Cl)O[P+](=O)O. The molecule has 0 aromatic rings. The maximum absolute atomic E-state index is 9.90. The van der Waals surface area contributed by atoms with Crippen LogP contribution in [-0.2, 0) is 18.2 Å². The summed E-state index contributed by atoms with van der Waals surface area (Å²) in [6.45, 7) is 6.39. The van der Waals surface area contributed by atoms with Crippen molar-refractivity contribution in [2.24, 2.45) is 0 Å². The molecule has 96 valence electrons. The Morgan fingerprint density at radius 1 is 1.12 bits per heavy atom. The summed E-state index contributed by atoms with van der Waals surface area (Å²) in [6.07, 6.45) is 0. The fourth-order valence-corrected chi connectivity index (χ4v) is 1.65. The lowest BCUT2D eigenvalue weighted by Crippen LogP contribution is -2.14. The molecule has 0 heterocycles. The van der Waals surface area contributed by atoms with Gasteiger partial charge in [0.05, 0.1) is 0 Å². The zero-order valence-corrected chi connectivity index (χ0v) is 11.9. The highest BCUT2D eigenvalue weighted by molar-refractivity contribution is 7.33. The van der Waals surface area contributed by atoms with E-state index in [1.54, 1.807) is 0 Å². The highest BCUT2D eigenvalue weighted by atomic mass is 35.5. The van der Waals surface area contributed by atoms with Crippen molar-refractivity contribution in [1.82, 2.24) is 5.32 Å². The number of rotatable bonds is 6. The zero-order chi connectivity index (χ0) is 13.2. The molecule has 3 N–H and O–H groups in total. The standard InChI is InChI=1S/C4H11N.CCl2O6P2/c1-3-5-4-2;2-1(3,8-10(4)5)9-11(6)7/h5H,3-4H2,1-2H3;/p+2. The predicted octanol–water partition coefficient (Wildman–Crippen LogP) is 2.02. The van der Waals surface area contributed by atoms with Crippen LogP contribution >= 0.6 is 39.7 Å². The molecule has 16 heavy (non-hydrogen) atoms. The Hall–Kier alpha value is 0.580. The van der Waals surface area contributed by atoms with Gasteiger partial charge in [0, 0.05) is 9.13 Å². The Balaban J connectivity index is 0. The highest BCUT2D eigenvalue weighted by Crippen LogP contribution is 2.40. The lowest BCUT2D eigenvalue weighted by Gasteiger charge is -1.99. The minimum Gasteiger partial charge on any atom is -0.317 e. The van der Waals surface area contributed by atoms with Crippen LogP contribution in [0.3, 0.4) is 0 Å². The summed E-state index contributed by atoms with van der Waals surface area (Å²) in [5, 5.41) is 3.11. The maximum Gasteiger partial charge on any atom is 0.700 e. The Bertz CT molecular complexity index is 209. The van der Waals surface area contributed by atoms with E-state index in [0.717, 1.165) is 13.1 Å². The molecule has 0 saturated heterocycles. The average molecular weight is 316 g/mol. The lowest BCUT2D eigenvalue weighted by atomic mass is 10.7. The molecule has 0 fully saturated rings. The molecule has 0 aliphatic carbocycles. The number of hydrogen-bond donors (Lipinski definition) is 3. The van der Waals surface area contributed by atoms with Gasteiger partial charge in [-0.1, -0.05) is 13.8 Å². The minimum absolute atomic E-state index is 1.09. The van der Waals surface area contributed by atoms with Gasteiger partial charge in [-0.25, -0.2) is 0 Å². The van der Waals surface area contributed by atoms with Crippen molar-refractivity contribution in [2.75, 3.05) is 13.1 Å². The van der Waals surface area contributed by atoms with Crippen molar-refractivity contribution in [3.8, 4) is 0 Å². The topological polar surface area (TPSA) is 105 Å². The molecular weight excluding hydrogens is 303 g/mol. The predicted molar refractivity (Wildman–Crippen MR) is 60.5 cm³/mol. The first-order valence-electron chi connectivity index (χ1n) is 4.04. The van der Waals surface area contributed by atoms with Crippen molar-refractivity contribution < 1.29 is 28.0 Å². The fraction of sp³-hybridized carbons (Fsp3) is 1.00. The second-order valence-electron chi connectivity index (χ2n) is 2.08. The molecule has 2 atom stereocenters. The van der Waals surface area contributed by atoms with Crippen molar-refractivity contribution in [2.45, 2.75) is 18.6 Å². The van der Waals surface area contributed by atoms with Crippen LogP contribution in [0.25, 0.3) is 0 Å². The fourth-order valence-electron chi connectivity index (χ4n) is 0.448. The summed E-state index contributed by atoms with van der Waals surface area (Å²) in [5.41, 5.74) is 0. The van der Waals surface area contributed by atoms with E-state index >= 15 is 0 Å². The molecule has 0 bridgehead atoms. The van der Waals surface area contributed by atoms with Crippen LogP contribution in [0.4, 0.5) is 0 Å². The molecule has 0 spiro atoms. The Morgan fingerprint density at radius 2 is 1.44 bits per heavy atom. The maximum atomic E-state index is 9.90. The van der Waals surface area contributed by atoms with E-state index in [2.05, 4.69) is 28.2 Å². The third kappa shape index (κ3) is 17.0. The van der Waals surface area contributed by atoms with Gasteiger partial charge in [0.25, 0.3) is 0 Å². The van der Waals surface area contributed by atoms with Crippen LogP contribution in [0.2, 0.25) is 0 Å². The van der Waals surface area contributed by atoms with Gasteiger partial charge >= 0.3 is 21.2 Å². The third-order valence-electron chi connectivity index (χ3n) is 0.869. The molecule has 2 unspecified atom stereocenters. The molecule has 0 amide bonds. The van der Waals surface area contributed by atoms with Gasteiger partial charge in [0.2, 0.25) is 0 Å². The van der Waals surface area contributed by atoms with Crippen molar-refractivity contribution in [1.29, 1.82) is 0 Å². The lowest BCUT2D eigenvalue weighted by molar-refractivity contribution is 0.0328. The second-order valence-corrected chi connectivity index (χ2v) is 4.58. The molecule has 0 aromatic carbocycles. The van der Waals surface area contributed by atoms with Gasteiger partial charge in [0.15, 0.2) is 0 Å². The second kappa shape index (κ2) is 10.7. The van der Waals surface area contributed by atoms with Crippen molar-refractivity contribution in [3.63, 3.8) is 0 Å². The monoisotopic (exact) mass is 315 g/mol. The normalized spacial score (nSPS) is 12.6. The molecule has 0 aromatic heterocycles. The van der Waals surface area contributed by atoms with E-state index in [9.17, 15) is 9.13 Å². The highest BCUT2D eigenvalue weighted by Gasteiger charge is 2.46. The molecule has 11 heteroatoms. The van der Waals surface area contributed by atoms with Gasteiger partial charge < -0.3 is 5.32 Å². The first-order valence-corrected chi connectivity index (χ1v) is 7.05. The first-order chi connectivity index (χ1) is 7.25. The zero-order valence-electron chi connectivity index (χ0n) is 8.59. The molecule has 0 rings (SSSR count). The van der Waals surface area contributed by atoms with E-state index in [4.69, 9.17) is 33.0 Å². The molecule has 0 radical (unpaired) electrons. The van der Waals surface area contributed by atoms with Crippen LogP contribution in [0, 0.1) is 0 Å². The van der Waals surface area contributed by atoms with Gasteiger partial charge in [-0.15, -0.1) is 9.79 Å². The van der Waals surface area contributed by atoms with E-state index in [1.165, 1.54) is 0 Å². The Labute approximate surface area is 105 Å². The number of hydrogen-bond acceptors (Lipinski definition) is 5. The quantitative estimate of drug-likeness (QED) is 0.391. The summed E-state index contributed by atoms with van der Waals surface area (Å²) >= 11 is 9.92. The smallest absolute Gasteiger partial charge is 0.317 e. The van der Waals surface area contributed by atoms with E-state index in [-0.39, 0.29) is 0 Å². The van der Waals surface area contributed by atoms with Gasteiger partial charge in [-0.2, -0.15) is 0 Å². The molecule has 0 aliphatic heterocycles. The molecule has 0 aliphatic rings. The summed E-state index contributed by atoms with van der Waals surface area (Å²) < 4.78 is 24.8. The summed E-state index contributed by atoms with van der Waals surface area (Å²) in [4.78, 5) is 16.1. The van der Waals surface area contributed by atoms with Gasteiger partial charge in [0.1, 0.15) is 0 Å². The van der Waals surface area contributed by atoms with Crippen molar-refractivity contribution in [3.05, 3.63) is 0 Å². The Kier molecular flexibility index (Phi) is 12.7. The van der Waals surface area contributed by atoms with Crippen LogP contribution < -0.4 is 5.32 Å². The summed E-state index contributed by atoms with van der Waals surface area (Å²) in [6, 6.07) is 0. The van der Waals surface area contributed by atoms with Crippen LogP contribution in [0.1, 0.15) is 13.8 Å². The van der Waals surface area contributed by atoms with Gasteiger partial charge in [-0.3, -0.25) is 0 Å². The summed E-state index contributed by atoms with van der Waals surface area (Å²) in [7, 11) is -6.20. The average Bonchev–Trinajstić information content (AvgIpc) is 2.00. The van der Waals surface area contributed by atoms with Crippen LogP contribution in [0.5, 0.6) is 0 Å². The minimum atomic E-state index is -3.10. The molecular formula is C5H13Cl2NO6P2+2. The van der Waals surface area contributed by atoms with Crippen LogP contribution in [-0.4, -0.2) is 27.6 Å². The van der Waals surface area contributed by atoms with Crippen molar-refractivity contribution >= 4 is 39.7 Å². The Morgan fingerprint density at radius 3 is 1.56 bits per heavy atom. The third-order valence-corrected chi connectivity index (χ3v) is 2.43. The molecule has 7 nitrogen and oxygen atoms in total. The molecule has 0 saturated carbocycles.